The van der Waals surface area contributed by atoms with Crippen molar-refractivity contribution in [3.8, 4) is 0 Å². The predicted octanol–water partition coefficient (Wildman–Crippen LogP) is 4.66. The molecule has 2 aliphatic heterocycles. The van der Waals surface area contributed by atoms with E-state index >= 15 is 0 Å². The third-order valence-corrected chi connectivity index (χ3v) is 8.87. The number of benzene rings is 2. The summed E-state index contributed by atoms with van der Waals surface area (Å²) in [6, 6.07) is 10.6. The molecule has 2 aromatic carbocycles. The smallest absolute Gasteiger partial charge is 0.408 e. The molecule has 3 atom stereocenters. The summed E-state index contributed by atoms with van der Waals surface area (Å²) in [5, 5.41) is 11.4. The average molecular weight is 737 g/mol. The van der Waals surface area contributed by atoms with Gasteiger partial charge in [-0.1, -0.05) is 61.9 Å². The number of fused-ring (bicyclic) bond motifs is 1. The van der Waals surface area contributed by atoms with Crippen molar-refractivity contribution in [1.82, 2.24) is 20.4 Å². The van der Waals surface area contributed by atoms with Crippen LogP contribution in [-0.2, 0) is 35.3 Å². The Hall–Kier alpha value is -4.75. The Morgan fingerprint density at radius 2 is 1.63 bits per heavy atom. The van der Waals surface area contributed by atoms with Gasteiger partial charge in [0.05, 0.1) is 11.4 Å². The number of nitrogens with zero attached hydrogens (tertiary/aromatic N) is 2. The lowest BCUT2D eigenvalue weighted by atomic mass is 10.0. The number of anilines is 2. The van der Waals surface area contributed by atoms with Crippen LogP contribution in [0.1, 0.15) is 65.9 Å². The van der Waals surface area contributed by atoms with Gasteiger partial charge in [-0.25, -0.2) is 4.79 Å². The monoisotopic (exact) mass is 736 g/mol. The van der Waals surface area contributed by atoms with Gasteiger partial charge in [0.25, 0.3) is 5.91 Å². The van der Waals surface area contributed by atoms with E-state index in [4.69, 9.17) is 16.3 Å². The minimum Gasteiger partial charge on any atom is -0.444 e. The van der Waals surface area contributed by atoms with Crippen LogP contribution in [0.3, 0.4) is 0 Å². The van der Waals surface area contributed by atoms with Gasteiger partial charge < -0.3 is 30.9 Å². The maximum Gasteiger partial charge on any atom is 0.408 e. The van der Waals surface area contributed by atoms with Crippen LogP contribution >= 0.6 is 11.6 Å². The van der Waals surface area contributed by atoms with Crippen LogP contribution in [0.25, 0.3) is 0 Å². The molecule has 0 radical (unpaired) electrons. The molecule has 1 fully saturated rings. The molecule has 0 saturated carbocycles. The van der Waals surface area contributed by atoms with E-state index in [1.807, 2.05) is 30.9 Å². The second kappa shape index (κ2) is 18.1. The third-order valence-electron chi connectivity index (χ3n) is 8.62. The van der Waals surface area contributed by atoms with Crippen molar-refractivity contribution < 1.29 is 33.5 Å². The number of Topliss-reactive ketones (excluding diaryl/α,β-unsaturated/α-hetero) is 1. The van der Waals surface area contributed by atoms with Crippen molar-refractivity contribution in [3.63, 3.8) is 0 Å². The molecule has 2 heterocycles. The van der Waals surface area contributed by atoms with Crippen LogP contribution in [0, 0.1) is 5.92 Å². The summed E-state index contributed by atoms with van der Waals surface area (Å²) in [5.74, 6) is -3.30. The van der Waals surface area contributed by atoms with E-state index in [0.29, 0.717) is 43.1 Å². The van der Waals surface area contributed by atoms with Crippen molar-refractivity contribution in [1.29, 1.82) is 0 Å². The number of alkyl carbamates (subject to hydrolysis) is 1. The number of hydrogen-bond donors (Lipinski definition) is 4. The van der Waals surface area contributed by atoms with Crippen LogP contribution in [0.15, 0.2) is 60.7 Å². The number of ketones is 1. The Bertz CT molecular complexity index is 1660. The van der Waals surface area contributed by atoms with Crippen molar-refractivity contribution >= 4 is 58.5 Å². The molecule has 5 amide bonds. The van der Waals surface area contributed by atoms with Gasteiger partial charge in [-0.3, -0.25) is 28.9 Å². The largest absolute Gasteiger partial charge is 0.444 e. The Morgan fingerprint density at radius 3 is 2.29 bits per heavy atom. The first-order chi connectivity index (χ1) is 24.6. The van der Waals surface area contributed by atoms with Gasteiger partial charge in [0, 0.05) is 37.6 Å². The van der Waals surface area contributed by atoms with E-state index < -0.39 is 47.4 Å². The summed E-state index contributed by atoms with van der Waals surface area (Å²) in [5.41, 5.74) is 0.718. The number of allylic oxidation sites excluding steroid dienone is 1. The molecule has 4 rings (SSSR count). The zero-order valence-electron chi connectivity index (χ0n) is 30.4. The highest BCUT2D eigenvalue weighted by Crippen LogP contribution is 2.23. The summed E-state index contributed by atoms with van der Waals surface area (Å²) < 4.78 is 5.41. The number of rotatable bonds is 7. The number of halogens is 1. The van der Waals surface area contributed by atoms with E-state index in [1.165, 1.54) is 11.0 Å². The van der Waals surface area contributed by atoms with Crippen LogP contribution < -0.4 is 21.3 Å². The molecular weight excluding hydrogens is 688 g/mol. The highest BCUT2D eigenvalue weighted by Gasteiger charge is 2.39. The Labute approximate surface area is 309 Å². The van der Waals surface area contributed by atoms with Crippen LogP contribution in [0.2, 0.25) is 5.02 Å². The summed E-state index contributed by atoms with van der Waals surface area (Å²) >= 11 is 6.12. The zero-order chi connectivity index (χ0) is 38.0. The third kappa shape index (κ3) is 11.6. The number of carbonyl (C=O) groups is 6. The van der Waals surface area contributed by atoms with Crippen molar-refractivity contribution in [2.24, 2.45) is 5.92 Å². The van der Waals surface area contributed by atoms with Crippen molar-refractivity contribution in [3.05, 3.63) is 71.3 Å². The fourth-order valence-corrected chi connectivity index (χ4v) is 6.02. The Kier molecular flexibility index (Phi) is 14.0. The minimum atomic E-state index is -1.31. The van der Waals surface area contributed by atoms with Crippen molar-refractivity contribution in [2.45, 2.75) is 90.6 Å². The first-order valence-corrected chi connectivity index (χ1v) is 18.0. The van der Waals surface area contributed by atoms with E-state index in [-0.39, 0.29) is 42.9 Å². The summed E-state index contributed by atoms with van der Waals surface area (Å²) in [4.78, 5) is 83.7. The average Bonchev–Trinajstić information content (AvgIpc) is 3.08. The molecule has 52 heavy (non-hydrogen) atoms. The molecule has 4 N–H and O–H groups in total. The number of ether oxygens (including phenoxy) is 1. The number of nitrogens with one attached hydrogen (secondary N) is 4. The van der Waals surface area contributed by atoms with Crippen LogP contribution in [0.5, 0.6) is 0 Å². The lowest BCUT2D eigenvalue weighted by Gasteiger charge is -2.42. The first kappa shape index (κ1) is 40.0. The van der Waals surface area contributed by atoms with Gasteiger partial charge in [-0.2, -0.15) is 0 Å². The minimum absolute atomic E-state index is 0.0403. The van der Waals surface area contributed by atoms with E-state index in [1.54, 1.807) is 63.2 Å². The maximum absolute atomic E-state index is 14.2. The van der Waals surface area contributed by atoms with Gasteiger partial charge in [0.15, 0.2) is 0 Å². The molecule has 0 spiro atoms. The second-order valence-electron chi connectivity index (χ2n) is 14.3. The lowest BCUT2D eigenvalue weighted by molar-refractivity contribution is -0.142. The lowest BCUT2D eigenvalue weighted by Crippen LogP contribution is -2.63. The molecule has 1 saturated heterocycles. The maximum atomic E-state index is 14.2. The van der Waals surface area contributed by atoms with Gasteiger partial charge in [0.2, 0.25) is 23.5 Å². The van der Waals surface area contributed by atoms with E-state index in [9.17, 15) is 28.8 Å². The standard InChI is InChI=1S/C38H49ClN6O7/c1-24(2)32(43-37(51)52-38(3,4)5)36(50)45-21-20-44(22-25-16-18-26(39)19-17-25)30(23-45)34(48)42-29-14-8-6-7-9-15-31(46)40-27-12-10-11-13-28(27)41-35(49)33(29)47/h8,10-14,16-19,24,29-30,32H,6-7,9,15,20-23H2,1-5H3,(H,40,46)(H,41,49)(H,42,48)(H,43,51)/b14-8+/t29?,30-,32-/m1/s1. The fraction of sp³-hybridized carbons (Fsp3) is 0.474. The SMILES string of the molecule is CC(C)[C@@H](NC(=O)OC(C)(C)C)C(=O)N1CCN(Cc2ccc(Cl)cc2)[C@@H](C(=O)NC2/C=C/CCCCC(=O)Nc3ccccc3NC(=O)C2=O)C1. The number of para-hydroxylation sites is 2. The Balaban J connectivity index is 1.59. The van der Waals surface area contributed by atoms with E-state index in [2.05, 4.69) is 21.3 Å². The second-order valence-corrected chi connectivity index (χ2v) is 14.8. The molecule has 0 aliphatic carbocycles. The molecule has 280 valence electrons. The van der Waals surface area contributed by atoms with Gasteiger partial charge >= 0.3 is 6.09 Å². The summed E-state index contributed by atoms with van der Waals surface area (Å²) in [6.07, 6.45) is 4.52. The molecule has 2 aromatic rings. The molecule has 0 aromatic heterocycles. The molecule has 0 bridgehead atoms. The molecule has 2 aliphatic rings. The first-order valence-electron chi connectivity index (χ1n) is 17.6. The topological polar surface area (TPSA) is 166 Å². The number of carbonyl (C=O) groups excluding carboxylic acids is 6. The number of piperazine rings is 1. The predicted molar refractivity (Wildman–Crippen MR) is 198 cm³/mol. The van der Waals surface area contributed by atoms with E-state index in [0.717, 1.165) is 5.56 Å². The van der Waals surface area contributed by atoms with Crippen LogP contribution in [0.4, 0.5) is 16.2 Å². The highest BCUT2D eigenvalue weighted by molar-refractivity contribution is 6.43. The fourth-order valence-electron chi connectivity index (χ4n) is 5.90. The summed E-state index contributed by atoms with van der Waals surface area (Å²) in [7, 11) is 0. The Morgan fingerprint density at radius 1 is 0.962 bits per heavy atom. The molecule has 14 heteroatoms. The molecule has 1 unspecified atom stereocenters. The van der Waals surface area contributed by atoms with Crippen LogP contribution in [-0.4, -0.2) is 88.7 Å². The summed E-state index contributed by atoms with van der Waals surface area (Å²) in [6.45, 7) is 9.70. The molecular formula is C38H49ClN6O7. The number of amides is 5. The normalized spacial score (nSPS) is 20.4. The van der Waals surface area contributed by atoms with Crippen molar-refractivity contribution in [2.75, 3.05) is 30.3 Å². The van der Waals surface area contributed by atoms with Gasteiger partial charge in [-0.15, -0.1) is 0 Å². The van der Waals surface area contributed by atoms with Gasteiger partial charge in [0.1, 0.15) is 23.7 Å². The number of hydrogen-bond acceptors (Lipinski definition) is 8. The molecule has 13 nitrogen and oxygen atoms in total. The zero-order valence-corrected chi connectivity index (χ0v) is 31.1. The van der Waals surface area contributed by atoms with Gasteiger partial charge in [-0.05, 0) is 75.8 Å². The quantitative estimate of drug-likeness (QED) is 0.235. The highest BCUT2D eigenvalue weighted by atomic mass is 35.5.